The monoisotopic (exact) mass is 276 g/mol. The van der Waals surface area contributed by atoms with Crippen molar-refractivity contribution in [3.63, 3.8) is 0 Å². The highest BCUT2D eigenvalue weighted by atomic mass is 32.2. The fourth-order valence-corrected chi connectivity index (χ4v) is 1.71. The molecule has 1 aromatic carbocycles. The van der Waals surface area contributed by atoms with Crippen LogP contribution in [0, 0.1) is 11.3 Å². The lowest BCUT2D eigenvalue weighted by Crippen LogP contribution is -2.12. The third kappa shape index (κ3) is 4.04. The molecule has 18 heavy (non-hydrogen) atoms. The predicted molar refractivity (Wildman–Crippen MR) is 63.6 cm³/mol. The Kier molecular flexibility index (Phi) is 4.73. The van der Waals surface area contributed by atoms with Gasteiger partial charge < -0.3 is 5.32 Å². The van der Waals surface area contributed by atoms with E-state index in [1.54, 1.807) is 0 Å². The zero-order valence-electron chi connectivity index (χ0n) is 9.54. The number of halogens is 3. The third-order valence-electron chi connectivity index (χ3n) is 2.16. The Hall–Kier alpha value is -1.55. The minimum absolute atomic E-state index is 0.256. The van der Waals surface area contributed by atoms with Crippen molar-refractivity contribution in [3.8, 4) is 6.07 Å². The minimum Gasteiger partial charge on any atom is -0.384 e. The lowest BCUT2D eigenvalue weighted by Gasteiger charge is -2.11. The average molecular weight is 276 g/mol. The Morgan fingerprint density at radius 1 is 1.44 bits per heavy atom. The van der Waals surface area contributed by atoms with Crippen molar-refractivity contribution in [1.29, 1.82) is 5.26 Å². The summed E-state index contributed by atoms with van der Waals surface area (Å²) in [5.74, 6) is 0.349. The molecule has 7 heteroatoms. The van der Waals surface area contributed by atoms with E-state index < -0.39 is 28.1 Å². The Balaban J connectivity index is 2.91. The molecule has 0 fully saturated rings. The zero-order chi connectivity index (χ0) is 13.8. The number of anilines is 1. The summed E-state index contributed by atoms with van der Waals surface area (Å²) in [5.41, 5.74) is -1.12. The van der Waals surface area contributed by atoms with Crippen LogP contribution in [0.5, 0.6) is 0 Å². The number of rotatable bonds is 4. The van der Waals surface area contributed by atoms with Gasteiger partial charge in [-0.3, -0.25) is 4.21 Å². The van der Waals surface area contributed by atoms with Crippen LogP contribution in [-0.4, -0.2) is 22.8 Å². The van der Waals surface area contributed by atoms with E-state index in [0.29, 0.717) is 12.3 Å². The van der Waals surface area contributed by atoms with Gasteiger partial charge in [0.1, 0.15) is 0 Å². The maximum absolute atomic E-state index is 12.6. The second kappa shape index (κ2) is 5.87. The van der Waals surface area contributed by atoms with Crippen LogP contribution in [0.4, 0.5) is 18.9 Å². The molecule has 3 nitrogen and oxygen atoms in total. The molecule has 0 aromatic heterocycles. The zero-order valence-corrected chi connectivity index (χ0v) is 10.4. The normalized spacial score (nSPS) is 12.8. The number of nitrogens with zero attached hydrogens (tertiary/aromatic N) is 1. The van der Waals surface area contributed by atoms with Crippen molar-refractivity contribution in [1.82, 2.24) is 0 Å². The smallest absolute Gasteiger partial charge is 0.384 e. The van der Waals surface area contributed by atoms with Crippen molar-refractivity contribution in [2.45, 2.75) is 6.18 Å². The molecule has 0 heterocycles. The van der Waals surface area contributed by atoms with Gasteiger partial charge in [-0.15, -0.1) is 0 Å². The molecule has 0 bridgehead atoms. The molecule has 1 rings (SSSR count). The molecule has 0 saturated heterocycles. The van der Waals surface area contributed by atoms with E-state index in [4.69, 9.17) is 5.26 Å². The van der Waals surface area contributed by atoms with E-state index in [-0.39, 0.29) is 5.69 Å². The lowest BCUT2D eigenvalue weighted by atomic mass is 10.1. The first-order valence-corrected chi connectivity index (χ1v) is 6.72. The molecule has 1 aromatic rings. The first kappa shape index (κ1) is 14.5. The van der Waals surface area contributed by atoms with Gasteiger partial charge in [-0.05, 0) is 18.2 Å². The maximum atomic E-state index is 12.6. The van der Waals surface area contributed by atoms with Gasteiger partial charge in [0.2, 0.25) is 0 Å². The highest BCUT2D eigenvalue weighted by Gasteiger charge is 2.33. The van der Waals surface area contributed by atoms with Crippen LogP contribution in [0.2, 0.25) is 0 Å². The second-order valence-electron chi connectivity index (χ2n) is 3.57. The van der Waals surface area contributed by atoms with Gasteiger partial charge >= 0.3 is 6.18 Å². The molecule has 98 valence electrons. The predicted octanol–water partition coefficient (Wildman–Crippen LogP) is 2.37. The summed E-state index contributed by atoms with van der Waals surface area (Å²) < 4.78 is 48.7. The Labute approximate surface area is 105 Å². The third-order valence-corrected chi connectivity index (χ3v) is 2.94. The van der Waals surface area contributed by atoms with E-state index in [2.05, 4.69) is 5.32 Å². The lowest BCUT2D eigenvalue weighted by molar-refractivity contribution is -0.137. The van der Waals surface area contributed by atoms with E-state index in [1.165, 1.54) is 18.4 Å². The highest BCUT2D eigenvalue weighted by Crippen LogP contribution is 2.33. The molecule has 1 atom stereocenters. The largest absolute Gasteiger partial charge is 0.417 e. The summed E-state index contributed by atoms with van der Waals surface area (Å²) >= 11 is 0. The Morgan fingerprint density at radius 3 is 2.61 bits per heavy atom. The van der Waals surface area contributed by atoms with Crippen molar-refractivity contribution in [2.24, 2.45) is 0 Å². The van der Waals surface area contributed by atoms with Crippen LogP contribution < -0.4 is 5.32 Å². The first-order valence-electron chi connectivity index (χ1n) is 5.00. The van der Waals surface area contributed by atoms with Crippen LogP contribution in [0.3, 0.4) is 0 Å². The molecule has 0 spiro atoms. The Morgan fingerprint density at radius 2 is 2.11 bits per heavy atom. The van der Waals surface area contributed by atoms with E-state index in [0.717, 1.165) is 12.1 Å². The van der Waals surface area contributed by atoms with E-state index >= 15 is 0 Å². The number of alkyl halides is 3. The molecular formula is C11H11F3N2OS. The number of nitrogens with one attached hydrogen (secondary N) is 1. The van der Waals surface area contributed by atoms with Crippen molar-refractivity contribution in [3.05, 3.63) is 29.3 Å². The number of hydrogen-bond acceptors (Lipinski definition) is 3. The standard InChI is InChI=1S/C11H11F3N2OS/c1-18(17)5-4-16-9-3-2-8(7-15)10(6-9)11(12,13)14/h2-3,6,16H,4-5H2,1H3. The quantitative estimate of drug-likeness (QED) is 0.918. The van der Waals surface area contributed by atoms with Gasteiger partial charge in [-0.1, -0.05) is 0 Å². The van der Waals surface area contributed by atoms with E-state index in [9.17, 15) is 17.4 Å². The molecule has 1 N–H and O–H groups in total. The highest BCUT2D eigenvalue weighted by molar-refractivity contribution is 7.84. The van der Waals surface area contributed by atoms with Gasteiger partial charge in [0.15, 0.2) is 0 Å². The molecule has 0 aliphatic heterocycles. The first-order chi connectivity index (χ1) is 8.34. The van der Waals surface area contributed by atoms with Crippen LogP contribution >= 0.6 is 0 Å². The van der Waals surface area contributed by atoms with Gasteiger partial charge in [0.25, 0.3) is 0 Å². The number of nitriles is 1. The SMILES string of the molecule is CS(=O)CCNc1ccc(C#N)c(C(F)(F)F)c1. The summed E-state index contributed by atoms with van der Waals surface area (Å²) in [7, 11) is -1.00. The topological polar surface area (TPSA) is 52.9 Å². The molecule has 0 amide bonds. The van der Waals surface area contributed by atoms with Crippen LogP contribution in [0.15, 0.2) is 18.2 Å². The van der Waals surface area contributed by atoms with Crippen molar-refractivity contribution in [2.75, 3.05) is 23.9 Å². The summed E-state index contributed by atoms with van der Waals surface area (Å²) in [6, 6.07) is 4.91. The van der Waals surface area contributed by atoms with Gasteiger partial charge in [-0.2, -0.15) is 18.4 Å². The number of hydrogen-bond donors (Lipinski definition) is 1. The van der Waals surface area contributed by atoms with Crippen LogP contribution in [-0.2, 0) is 17.0 Å². The minimum atomic E-state index is -4.56. The molecule has 0 saturated carbocycles. The van der Waals surface area contributed by atoms with Crippen LogP contribution in [0.1, 0.15) is 11.1 Å². The molecule has 0 radical (unpaired) electrons. The molecule has 0 aliphatic rings. The average Bonchev–Trinajstić information content (AvgIpc) is 2.27. The van der Waals surface area contributed by atoms with Crippen molar-refractivity contribution >= 4 is 16.5 Å². The fraction of sp³-hybridized carbons (Fsp3) is 0.364. The molecule has 0 aliphatic carbocycles. The maximum Gasteiger partial charge on any atom is 0.417 e. The summed E-state index contributed by atoms with van der Waals surface area (Å²) in [4.78, 5) is 0. The van der Waals surface area contributed by atoms with Crippen LogP contribution in [0.25, 0.3) is 0 Å². The summed E-state index contributed by atoms with van der Waals surface area (Å²) in [5, 5.41) is 11.3. The molecule has 1 unspecified atom stereocenters. The van der Waals surface area contributed by atoms with Gasteiger partial charge in [0.05, 0.1) is 17.2 Å². The van der Waals surface area contributed by atoms with Gasteiger partial charge in [0, 0.05) is 35.0 Å². The summed E-state index contributed by atoms with van der Waals surface area (Å²) in [6.07, 6.45) is -3.04. The van der Waals surface area contributed by atoms with Gasteiger partial charge in [-0.25, -0.2) is 0 Å². The second-order valence-corrected chi connectivity index (χ2v) is 5.13. The van der Waals surface area contributed by atoms with Crippen molar-refractivity contribution < 1.29 is 17.4 Å². The number of benzene rings is 1. The van der Waals surface area contributed by atoms with E-state index in [1.807, 2.05) is 0 Å². The summed E-state index contributed by atoms with van der Waals surface area (Å²) in [6.45, 7) is 0.312. The Bertz CT molecular complexity index is 494. The fourth-order valence-electron chi connectivity index (χ4n) is 1.33. The molecular weight excluding hydrogens is 265 g/mol.